The quantitative estimate of drug-likeness (QED) is 0.501. The van der Waals surface area contributed by atoms with Gasteiger partial charge in [-0.3, -0.25) is 0 Å². The van der Waals surface area contributed by atoms with Gasteiger partial charge in [-0.15, -0.1) is 0 Å². The monoisotopic (exact) mass is 250 g/mol. The summed E-state index contributed by atoms with van der Waals surface area (Å²) in [6.45, 7) is 0. The van der Waals surface area contributed by atoms with E-state index in [1.807, 2.05) is 24.3 Å². The van der Waals surface area contributed by atoms with Crippen molar-refractivity contribution >= 4 is 38.7 Å². The number of nitrogens with zero attached hydrogens (tertiary/aromatic N) is 1. The van der Waals surface area contributed by atoms with E-state index >= 15 is 0 Å². The van der Waals surface area contributed by atoms with E-state index in [0.29, 0.717) is 16.9 Å². The van der Waals surface area contributed by atoms with Crippen molar-refractivity contribution in [2.45, 2.75) is 0 Å². The van der Waals surface area contributed by atoms with Crippen LogP contribution < -0.4 is 5.73 Å². The SMILES string of the molecule is Nc1c2ccccc2nc2c1oc1cc(O)ccc12. The van der Waals surface area contributed by atoms with Crippen molar-refractivity contribution in [3.63, 3.8) is 0 Å². The molecule has 0 aliphatic heterocycles. The molecule has 4 heteroatoms. The van der Waals surface area contributed by atoms with Gasteiger partial charge in [0.05, 0.1) is 11.2 Å². The Kier molecular flexibility index (Phi) is 1.82. The van der Waals surface area contributed by atoms with Crippen molar-refractivity contribution in [1.82, 2.24) is 4.98 Å². The van der Waals surface area contributed by atoms with Gasteiger partial charge in [0.2, 0.25) is 0 Å². The maximum Gasteiger partial charge on any atom is 0.177 e. The highest BCUT2D eigenvalue weighted by Crippen LogP contribution is 2.35. The maximum absolute atomic E-state index is 9.50. The fourth-order valence-corrected chi connectivity index (χ4v) is 2.41. The van der Waals surface area contributed by atoms with E-state index in [-0.39, 0.29) is 5.75 Å². The summed E-state index contributed by atoms with van der Waals surface area (Å²) in [4.78, 5) is 4.60. The standard InChI is InChI=1S/C15H10N2O2/c16-13-9-3-1-2-4-11(9)17-14-10-6-5-8(18)7-12(10)19-15(13)14/h1-7,18H,(H2,16,17). The van der Waals surface area contributed by atoms with Gasteiger partial charge in [0.15, 0.2) is 5.58 Å². The number of benzene rings is 2. The van der Waals surface area contributed by atoms with E-state index in [1.54, 1.807) is 18.2 Å². The minimum Gasteiger partial charge on any atom is -0.508 e. The van der Waals surface area contributed by atoms with Crippen molar-refractivity contribution in [3.05, 3.63) is 42.5 Å². The average Bonchev–Trinajstić information content (AvgIpc) is 2.77. The van der Waals surface area contributed by atoms with E-state index in [0.717, 1.165) is 21.8 Å². The van der Waals surface area contributed by atoms with Gasteiger partial charge >= 0.3 is 0 Å². The molecule has 4 aromatic rings. The van der Waals surface area contributed by atoms with Crippen molar-refractivity contribution < 1.29 is 9.52 Å². The smallest absolute Gasteiger partial charge is 0.177 e. The lowest BCUT2D eigenvalue weighted by atomic mass is 10.1. The lowest BCUT2D eigenvalue weighted by Crippen LogP contribution is -1.90. The molecule has 19 heavy (non-hydrogen) atoms. The van der Waals surface area contributed by atoms with E-state index < -0.39 is 0 Å². The first-order valence-corrected chi connectivity index (χ1v) is 5.93. The van der Waals surface area contributed by atoms with Gasteiger partial charge in [-0.05, 0) is 18.2 Å². The number of pyridine rings is 1. The van der Waals surface area contributed by atoms with E-state index in [9.17, 15) is 5.11 Å². The number of furan rings is 1. The molecule has 92 valence electrons. The molecule has 0 bridgehead atoms. The van der Waals surface area contributed by atoms with Crippen LogP contribution in [0.1, 0.15) is 0 Å². The molecule has 3 N–H and O–H groups in total. The Bertz CT molecular complexity index is 941. The molecule has 2 aromatic heterocycles. The van der Waals surface area contributed by atoms with Gasteiger partial charge in [-0.25, -0.2) is 4.98 Å². The molecule has 0 amide bonds. The molecular weight excluding hydrogens is 240 g/mol. The van der Waals surface area contributed by atoms with Gasteiger partial charge in [0.25, 0.3) is 0 Å². The lowest BCUT2D eigenvalue weighted by Gasteiger charge is -2.01. The third kappa shape index (κ3) is 1.31. The number of hydrogen-bond acceptors (Lipinski definition) is 4. The van der Waals surface area contributed by atoms with Crippen LogP contribution >= 0.6 is 0 Å². The number of phenols is 1. The highest BCUT2D eigenvalue weighted by molar-refractivity contribution is 6.13. The second-order valence-corrected chi connectivity index (χ2v) is 4.50. The minimum absolute atomic E-state index is 0.162. The Morgan fingerprint density at radius 3 is 2.79 bits per heavy atom. The molecule has 0 saturated carbocycles. The van der Waals surface area contributed by atoms with Crippen molar-refractivity contribution in [2.75, 3.05) is 5.73 Å². The van der Waals surface area contributed by atoms with Gasteiger partial charge < -0.3 is 15.3 Å². The van der Waals surface area contributed by atoms with Crippen LogP contribution in [-0.2, 0) is 0 Å². The molecule has 0 aliphatic rings. The molecule has 0 spiro atoms. The predicted molar refractivity (Wildman–Crippen MR) is 75.1 cm³/mol. The van der Waals surface area contributed by atoms with Gasteiger partial charge in [0.1, 0.15) is 16.8 Å². The Labute approximate surface area is 108 Å². The van der Waals surface area contributed by atoms with Gasteiger partial charge in [-0.2, -0.15) is 0 Å². The van der Waals surface area contributed by atoms with Crippen LogP contribution in [-0.4, -0.2) is 10.1 Å². The molecule has 0 atom stereocenters. The normalized spacial score (nSPS) is 11.6. The van der Waals surface area contributed by atoms with Crippen LogP contribution in [0, 0.1) is 0 Å². The first kappa shape index (κ1) is 10.2. The number of anilines is 1. The Balaban J connectivity index is 2.29. The molecule has 0 radical (unpaired) electrons. The fourth-order valence-electron chi connectivity index (χ4n) is 2.41. The first-order valence-electron chi connectivity index (χ1n) is 5.93. The average molecular weight is 250 g/mol. The molecule has 4 rings (SSSR count). The number of hydrogen-bond donors (Lipinski definition) is 2. The maximum atomic E-state index is 9.50. The van der Waals surface area contributed by atoms with Crippen LogP contribution in [0.2, 0.25) is 0 Å². The summed E-state index contributed by atoms with van der Waals surface area (Å²) in [6.07, 6.45) is 0. The minimum atomic E-state index is 0.162. The zero-order valence-electron chi connectivity index (χ0n) is 9.92. The number of rotatable bonds is 0. The second kappa shape index (κ2) is 3.38. The topological polar surface area (TPSA) is 72.3 Å². The largest absolute Gasteiger partial charge is 0.508 e. The lowest BCUT2D eigenvalue weighted by molar-refractivity contribution is 0.475. The van der Waals surface area contributed by atoms with Crippen LogP contribution in [0.4, 0.5) is 5.69 Å². The van der Waals surface area contributed by atoms with Crippen LogP contribution in [0.25, 0.3) is 33.0 Å². The second-order valence-electron chi connectivity index (χ2n) is 4.50. The summed E-state index contributed by atoms with van der Waals surface area (Å²) in [5, 5.41) is 11.2. The van der Waals surface area contributed by atoms with E-state index in [2.05, 4.69) is 4.98 Å². The number of para-hydroxylation sites is 1. The van der Waals surface area contributed by atoms with Crippen LogP contribution in [0.3, 0.4) is 0 Å². The number of aromatic nitrogens is 1. The highest BCUT2D eigenvalue weighted by atomic mass is 16.3. The number of nitrogens with two attached hydrogens (primary N) is 1. The first-order chi connectivity index (χ1) is 9.24. The summed E-state index contributed by atoms with van der Waals surface area (Å²) in [7, 11) is 0. The molecule has 4 nitrogen and oxygen atoms in total. The van der Waals surface area contributed by atoms with Crippen molar-refractivity contribution in [1.29, 1.82) is 0 Å². The summed E-state index contributed by atoms with van der Waals surface area (Å²) < 4.78 is 5.72. The van der Waals surface area contributed by atoms with Gasteiger partial charge in [-0.1, -0.05) is 18.2 Å². The summed E-state index contributed by atoms with van der Waals surface area (Å²) in [6, 6.07) is 12.7. The van der Waals surface area contributed by atoms with Crippen LogP contribution in [0.15, 0.2) is 46.9 Å². The Morgan fingerprint density at radius 2 is 1.89 bits per heavy atom. The number of fused-ring (bicyclic) bond motifs is 4. The highest BCUT2D eigenvalue weighted by Gasteiger charge is 2.14. The third-order valence-electron chi connectivity index (χ3n) is 3.32. The summed E-state index contributed by atoms with van der Waals surface area (Å²) in [5.41, 5.74) is 9.46. The molecule has 0 aliphatic carbocycles. The van der Waals surface area contributed by atoms with Crippen molar-refractivity contribution in [3.8, 4) is 5.75 Å². The number of aromatic hydroxyl groups is 1. The van der Waals surface area contributed by atoms with Gasteiger partial charge in [0, 0.05) is 16.8 Å². The predicted octanol–water partition coefficient (Wildman–Crippen LogP) is 3.42. The Morgan fingerprint density at radius 1 is 1.05 bits per heavy atom. The molecule has 2 heterocycles. The fraction of sp³-hybridized carbons (Fsp3) is 0. The molecule has 0 saturated heterocycles. The molecule has 0 fully saturated rings. The van der Waals surface area contributed by atoms with E-state index in [4.69, 9.17) is 10.2 Å². The zero-order chi connectivity index (χ0) is 13.0. The van der Waals surface area contributed by atoms with Crippen LogP contribution in [0.5, 0.6) is 5.75 Å². The molecule has 2 aromatic carbocycles. The Hall–Kier alpha value is -2.75. The third-order valence-corrected chi connectivity index (χ3v) is 3.32. The molecular formula is C15H10N2O2. The number of phenolic OH excluding ortho intramolecular Hbond substituents is 1. The zero-order valence-corrected chi connectivity index (χ0v) is 9.92. The summed E-state index contributed by atoms with van der Waals surface area (Å²) >= 11 is 0. The molecule has 0 unspecified atom stereocenters. The number of nitrogen functional groups attached to an aromatic ring is 1. The van der Waals surface area contributed by atoms with E-state index in [1.165, 1.54) is 0 Å². The summed E-state index contributed by atoms with van der Waals surface area (Å²) in [5.74, 6) is 0.162. The van der Waals surface area contributed by atoms with Crippen molar-refractivity contribution in [2.24, 2.45) is 0 Å².